The summed E-state index contributed by atoms with van der Waals surface area (Å²) in [4.78, 5) is 46.4. The third-order valence-electron chi connectivity index (χ3n) is 8.56. The Labute approximate surface area is 294 Å². The van der Waals surface area contributed by atoms with Crippen LogP contribution in [-0.4, -0.2) is 95.0 Å². The van der Waals surface area contributed by atoms with Crippen molar-refractivity contribution in [2.24, 2.45) is 7.05 Å². The minimum absolute atomic E-state index is 0.0630. The van der Waals surface area contributed by atoms with Crippen molar-refractivity contribution < 1.29 is 36.7 Å². The van der Waals surface area contributed by atoms with Gasteiger partial charge in [0.15, 0.2) is 0 Å². The summed E-state index contributed by atoms with van der Waals surface area (Å²) in [5.41, 5.74) is 0.581. The monoisotopic (exact) mass is 719 g/mol. The molecule has 2 atom stereocenters. The number of rotatable bonds is 8. The first-order chi connectivity index (χ1) is 24.5. The molecular formula is C35H38FN7O7S. The zero-order valence-corrected chi connectivity index (χ0v) is 28.9. The SMILES string of the molecule is CCCN1CC(=O)N[C@@H]2CN(S(=O)(=O)c3ccccc3)C[C@H]2OCc2cc(F)cc(c2)Oc2cc(C(=O)NCCc3ncnn3C)cc(c2)C1=O. The maximum Gasteiger partial charge on any atom is 0.254 e. The van der Waals surface area contributed by atoms with E-state index in [1.54, 1.807) is 36.0 Å². The second-order valence-corrected chi connectivity index (χ2v) is 14.3. The van der Waals surface area contributed by atoms with Gasteiger partial charge in [0.2, 0.25) is 15.9 Å². The molecule has 0 spiro atoms. The third kappa shape index (κ3) is 8.41. The summed E-state index contributed by atoms with van der Waals surface area (Å²) >= 11 is 0. The quantitative estimate of drug-likeness (QED) is 0.279. The summed E-state index contributed by atoms with van der Waals surface area (Å²) in [6.45, 7) is 1.70. The van der Waals surface area contributed by atoms with E-state index < -0.39 is 45.7 Å². The second-order valence-electron chi connectivity index (χ2n) is 12.3. The van der Waals surface area contributed by atoms with Gasteiger partial charge in [-0.05, 0) is 54.4 Å². The molecule has 0 unspecified atom stereocenters. The molecule has 0 radical (unpaired) electrons. The van der Waals surface area contributed by atoms with E-state index in [0.29, 0.717) is 24.2 Å². The molecule has 6 rings (SSSR count). The van der Waals surface area contributed by atoms with Crippen LogP contribution in [0.3, 0.4) is 0 Å². The highest BCUT2D eigenvalue weighted by molar-refractivity contribution is 7.89. The number of aryl methyl sites for hydroxylation is 1. The Morgan fingerprint density at radius 3 is 2.59 bits per heavy atom. The van der Waals surface area contributed by atoms with Crippen LogP contribution in [0.25, 0.3) is 0 Å². The van der Waals surface area contributed by atoms with Crippen LogP contribution in [0.2, 0.25) is 0 Å². The van der Waals surface area contributed by atoms with E-state index in [1.165, 1.54) is 51.9 Å². The number of carbonyl (C=O) groups is 3. The van der Waals surface area contributed by atoms with Crippen LogP contribution < -0.4 is 15.4 Å². The number of ether oxygens (including phenoxy) is 2. The fourth-order valence-electron chi connectivity index (χ4n) is 6.07. The standard InChI is InChI=1S/C35H38FN7O7S/c1-3-11-42-20-33(44)40-30-18-43(51(47,48)29-7-5-4-6-8-29)19-31(30)49-21-23-12-26(36)17-27(13-23)50-28-15-24(14-25(16-28)35(42)46)34(45)37-10-9-32-38-22-39-41(32)2/h4-8,12-17,22,30-31H,3,9-11,18-21H2,1-2H3,(H,37,45)(H,40,44)/t30-,31-/m1/s1. The van der Waals surface area contributed by atoms with Crippen LogP contribution in [0.5, 0.6) is 11.5 Å². The molecule has 3 aromatic carbocycles. The molecule has 3 amide bonds. The van der Waals surface area contributed by atoms with Crippen molar-refractivity contribution in [2.45, 2.75) is 43.4 Å². The van der Waals surface area contributed by atoms with Crippen LogP contribution in [0.1, 0.15) is 45.4 Å². The molecular weight excluding hydrogens is 681 g/mol. The molecule has 16 heteroatoms. The van der Waals surface area contributed by atoms with Crippen molar-refractivity contribution in [3.05, 3.63) is 101 Å². The number of nitrogens with zero attached hydrogens (tertiary/aromatic N) is 5. The van der Waals surface area contributed by atoms with Gasteiger partial charge in [0, 0.05) is 56.8 Å². The van der Waals surface area contributed by atoms with Gasteiger partial charge in [-0.15, -0.1) is 0 Å². The Morgan fingerprint density at radius 1 is 1.06 bits per heavy atom. The molecule has 4 bridgehead atoms. The molecule has 51 heavy (non-hydrogen) atoms. The first-order valence-corrected chi connectivity index (χ1v) is 17.9. The van der Waals surface area contributed by atoms with Crippen LogP contribution in [0, 0.1) is 5.82 Å². The van der Waals surface area contributed by atoms with E-state index >= 15 is 0 Å². The predicted molar refractivity (Wildman–Crippen MR) is 182 cm³/mol. The Kier molecular flexibility index (Phi) is 10.7. The zero-order chi connectivity index (χ0) is 36.1. The maximum absolute atomic E-state index is 14.9. The van der Waals surface area contributed by atoms with E-state index in [-0.39, 0.29) is 66.9 Å². The number of nitrogens with one attached hydrogen (secondary N) is 2. The normalized spacial score (nSPS) is 18.5. The second kappa shape index (κ2) is 15.4. The van der Waals surface area contributed by atoms with Crippen LogP contribution in [0.15, 0.2) is 78.0 Å². The molecule has 14 nitrogen and oxygen atoms in total. The fraction of sp³-hybridized carbons (Fsp3) is 0.343. The summed E-state index contributed by atoms with van der Waals surface area (Å²) < 4.78 is 56.9. The van der Waals surface area contributed by atoms with Crippen LogP contribution in [0.4, 0.5) is 4.39 Å². The fourth-order valence-corrected chi connectivity index (χ4v) is 7.57. The molecule has 2 aliphatic rings. The summed E-state index contributed by atoms with van der Waals surface area (Å²) in [5, 5.41) is 9.72. The molecule has 0 saturated carbocycles. The van der Waals surface area contributed by atoms with Gasteiger partial charge in [0.1, 0.15) is 29.5 Å². The van der Waals surface area contributed by atoms with Crippen molar-refractivity contribution in [2.75, 3.05) is 32.7 Å². The lowest BCUT2D eigenvalue weighted by Gasteiger charge is -2.25. The Balaban J connectivity index is 1.31. The van der Waals surface area contributed by atoms with Gasteiger partial charge >= 0.3 is 0 Å². The molecule has 1 fully saturated rings. The van der Waals surface area contributed by atoms with Crippen molar-refractivity contribution in [1.82, 2.24) is 34.6 Å². The van der Waals surface area contributed by atoms with Crippen LogP contribution in [-0.2, 0) is 39.6 Å². The van der Waals surface area contributed by atoms with Gasteiger partial charge in [-0.3, -0.25) is 19.1 Å². The molecule has 3 heterocycles. The average molecular weight is 720 g/mol. The highest BCUT2D eigenvalue weighted by atomic mass is 32.2. The van der Waals surface area contributed by atoms with E-state index in [2.05, 4.69) is 20.7 Å². The number of hydrogen-bond donors (Lipinski definition) is 2. The van der Waals surface area contributed by atoms with E-state index in [0.717, 1.165) is 6.07 Å². The molecule has 2 N–H and O–H groups in total. The third-order valence-corrected chi connectivity index (χ3v) is 10.4. The minimum Gasteiger partial charge on any atom is -0.457 e. The van der Waals surface area contributed by atoms with Gasteiger partial charge in [-0.1, -0.05) is 25.1 Å². The lowest BCUT2D eigenvalue weighted by atomic mass is 10.1. The lowest BCUT2D eigenvalue weighted by Crippen LogP contribution is -2.49. The number of benzene rings is 3. The van der Waals surface area contributed by atoms with Crippen molar-refractivity contribution in [1.29, 1.82) is 0 Å². The molecule has 0 aliphatic carbocycles. The number of halogens is 1. The Hall–Kier alpha value is -5.19. The van der Waals surface area contributed by atoms with Gasteiger partial charge < -0.3 is 25.0 Å². The van der Waals surface area contributed by atoms with Crippen molar-refractivity contribution in [3.8, 4) is 11.5 Å². The molecule has 1 aromatic heterocycles. The highest BCUT2D eigenvalue weighted by Gasteiger charge is 2.41. The maximum atomic E-state index is 14.9. The lowest BCUT2D eigenvalue weighted by molar-refractivity contribution is -0.123. The number of sulfonamides is 1. The van der Waals surface area contributed by atoms with Gasteiger partial charge in [-0.2, -0.15) is 9.40 Å². The van der Waals surface area contributed by atoms with E-state index in [9.17, 15) is 27.2 Å². The van der Waals surface area contributed by atoms with Gasteiger partial charge in [0.05, 0.1) is 30.2 Å². The molecule has 4 aromatic rings. The highest BCUT2D eigenvalue weighted by Crippen LogP contribution is 2.29. The summed E-state index contributed by atoms with van der Waals surface area (Å²) in [7, 11) is -2.18. The Bertz CT molecular complexity index is 2030. The van der Waals surface area contributed by atoms with Gasteiger partial charge in [0.25, 0.3) is 11.8 Å². The van der Waals surface area contributed by atoms with Crippen molar-refractivity contribution in [3.63, 3.8) is 0 Å². The zero-order valence-electron chi connectivity index (χ0n) is 28.1. The predicted octanol–water partition coefficient (Wildman–Crippen LogP) is 2.66. The molecule has 2 aliphatic heterocycles. The smallest absolute Gasteiger partial charge is 0.254 e. The van der Waals surface area contributed by atoms with Gasteiger partial charge in [-0.25, -0.2) is 17.8 Å². The Morgan fingerprint density at radius 2 is 1.84 bits per heavy atom. The number of hydrogen-bond acceptors (Lipinski definition) is 9. The number of amides is 3. The van der Waals surface area contributed by atoms with E-state index in [4.69, 9.17) is 9.47 Å². The van der Waals surface area contributed by atoms with E-state index in [1.807, 2.05) is 6.92 Å². The topological polar surface area (TPSA) is 165 Å². The summed E-state index contributed by atoms with van der Waals surface area (Å²) in [6.07, 6.45) is 1.57. The molecule has 1 saturated heterocycles. The molecule has 268 valence electrons. The first kappa shape index (κ1) is 35.6. The summed E-state index contributed by atoms with van der Waals surface area (Å²) in [6, 6.07) is 15.4. The van der Waals surface area contributed by atoms with Crippen LogP contribution >= 0.6 is 0 Å². The largest absolute Gasteiger partial charge is 0.457 e. The summed E-state index contributed by atoms with van der Waals surface area (Å²) in [5.74, 6) is -1.31. The number of carbonyl (C=O) groups excluding carboxylic acids is 3. The van der Waals surface area contributed by atoms with Crippen molar-refractivity contribution >= 4 is 27.7 Å². The first-order valence-electron chi connectivity index (χ1n) is 16.5. The minimum atomic E-state index is -3.93. The number of fused-ring (bicyclic) bond motifs is 5. The number of aromatic nitrogens is 3. The average Bonchev–Trinajstić information content (AvgIpc) is 3.71.